The topological polar surface area (TPSA) is 51.0 Å². The Labute approximate surface area is 160 Å². The molecule has 138 valence electrons. The van der Waals surface area contributed by atoms with Crippen molar-refractivity contribution in [1.82, 2.24) is 19.7 Å². The number of fused-ring (bicyclic) bond motifs is 1. The van der Waals surface area contributed by atoms with Crippen molar-refractivity contribution in [3.05, 3.63) is 53.4 Å². The summed E-state index contributed by atoms with van der Waals surface area (Å²) >= 11 is 1.52. The van der Waals surface area contributed by atoms with Crippen molar-refractivity contribution in [1.29, 1.82) is 0 Å². The summed E-state index contributed by atoms with van der Waals surface area (Å²) < 4.78 is 15.3. The van der Waals surface area contributed by atoms with Gasteiger partial charge in [-0.05, 0) is 54.8 Å². The Bertz CT molecular complexity index is 984. The Morgan fingerprint density at radius 3 is 2.93 bits per heavy atom. The van der Waals surface area contributed by atoms with Crippen molar-refractivity contribution in [2.24, 2.45) is 5.92 Å². The highest BCUT2D eigenvalue weighted by molar-refractivity contribution is 7.13. The molecule has 2 aliphatic rings. The van der Waals surface area contributed by atoms with Crippen LogP contribution in [0.1, 0.15) is 36.3 Å². The molecule has 2 atom stereocenters. The van der Waals surface area contributed by atoms with E-state index in [9.17, 15) is 9.18 Å². The first-order valence-electron chi connectivity index (χ1n) is 9.28. The number of carbonyl (C=O) groups excluding carboxylic acids is 1. The minimum atomic E-state index is -0.346. The standard InChI is InChI=1S/C20H19FN4OS/c21-14-5-2-6-15(12-14)25-19(17-8-3-11-27-17)22-18(23-25)20(26)24-10-9-13-4-1-7-16(13)24/h2-3,5-6,8,11-13,16H,1,4,7,9-10H2. The highest BCUT2D eigenvalue weighted by Crippen LogP contribution is 2.38. The molecule has 1 aliphatic heterocycles. The van der Waals surface area contributed by atoms with Gasteiger partial charge in [0.2, 0.25) is 5.82 Å². The smallest absolute Gasteiger partial charge is 0.293 e. The summed E-state index contributed by atoms with van der Waals surface area (Å²) in [6, 6.07) is 10.4. The summed E-state index contributed by atoms with van der Waals surface area (Å²) in [5.41, 5.74) is 0.560. The molecule has 2 unspecified atom stereocenters. The van der Waals surface area contributed by atoms with Crippen LogP contribution in [0.15, 0.2) is 41.8 Å². The number of aromatic nitrogens is 3. The van der Waals surface area contributed by atoms with Crippen LogP contribution in [0.4, 0.5) is 4.39 Å². The Kier molecular flexibility index (Phi) is 4.04. The minimum absolute atomic E-state index is 0.114. The molecular formula is C20H19FN4OS. The molecule has 1 aromatic carbocycles. The Morgan fingerprint density at radius 2 is 2.11 bits per heavy atom. The molecule has 1 aliphatic carbocycles. The molecule has 27 heavy (non-hydrogen) atoms. The molecule has 0 N–H and O–H groups in total. The van der Waals surface area contributed by atoms with E-state index in [1.54, 1.807) is 16.8 Å². The van der Waals surface area contributed by atoms with Crippen LogP contribution in [0, 0.1) is 11.7 Å². The molecule has 2 fully saturated rings. The van der Waals surface area contributed by atoms with Gasteiger partial charge in [0.15, 0.2) is 5.82 Å². The predicted molar refractivity (Wildman–Crippen MR) is 101 cm³/mol. The Hall–Kier alpha value is -2.54. The van der Waals surface area contributed by atoms with Crippen molar-refractivity contribution in [2.75, 3.05) is 6.54 Å². The second kappa shape index (κ2) is 6.56. The normalized spacial score (nSPS) is 21.6. The van der Waals surface area contributed by atoms with Crippen LogP contribution >= 0.6 is 11.3 Å². The molecule has 1 saturated heterocycles. The molecule has 5 nitrogen and oxygen atoms in total. The molecule has 1 amide bonds. The Morgan fingerprint density at radius 1 is 1.19 bits per heavy atom. The number of hydrogen-bond acceptors (Lipinski definition) is 4. The molecule has 5 rings (SSSR count). The molecule has 3 aromatic rings. The van der Waals surface area contributed by atoms with Gasteiger partial charge in [-0.2, -0.15) is 0 Å². The molecule has 1 saturated carbocycles. The maximum atomic E-state index is 13.8. The quantitative estimate of drug-likeness (QED) is 0.684. The zero-order valence-electron chi connectivity index (χ0n) is 14.7. The number of halogens is 1. The summed E-state index contributed by atoms with van der Waals surface area (Å²) in [5.74, 6) is 0.922. The zero-order valence-corrected chi connectivity index (χ0v) is 15.5. The van der Waals surface area contributed by atoms with Crippen molar-refractivity contribution >= 4 is 17.2 Å². The predicted octanol–water partition coefficient (Wildman–Crippen LogP) is 4.15. The van der Waals surface area contributed by atoms with Gasteiger partial charge in [0.05, 0.1) is 10.6 Å². The van der Waals surface area contributed by atoms with E-state index in [0.717, 1.165) is 24.3 Å². The lowest BCUT2D eigenvalue weighted by Gasteiger charge is -2.22. The van der Waals surface area contributed by atoms with Gasteiger partial charge in [0, 0.05) is 12.6 Å². The molecule has 2 aromatic heterocycles. The van der Waals surface area contributed by atoms with Gasteiger partial charge < -0.3 is 4.90 Å². The van der Waals surface area contributed by atoms with E-state index >= 15 is 0 Å². The average molecular weight is 382 g/mol. The van der Waals surface area contributed by atoms with Crippen LogP contribution in [0.25, 0.3) is 16.4 Å². The first-order valence-corrected chi connectivity index (χ1v) is 10.2. The van der Waals surface area contributed by atoms with E-state index in [0.29, 0.717) is 23.5 Å². The maximum Gasteiger partial charge on any atom is 0.293 e. The van der Waals surface area contributed by atoms with E-state index in [1.165, 1.54) is 36.3 Å². The second-order valence-corrected chi connectivity index (χ2v) is 8.12. The number of thiophene rings is 1. The monoisotopic (exact) mass is 382 g/mol. The summed E-state index contributed by atoms with van der Waals surface area (Å²) in [5, 5.41) is 6.44. The minimum Gasteiger partial charge on any atom is -0.333 e. The number of amides is 1. The number of carbonyl (C=O) groups is 1. The van der Waals surface area contributed by atoms with Crippen LogP contribution in [-0.2, 0) is 0 Å². The summed E-state index contributed by atoms with van der Waals surface area (Å²) in [6.45, 7) is 0.775. The zero-order chi connectivity index (χ0) is 18.4. The van der Waals surface area contributed by atoms with E-state index in [-0.39, 0.29) is 17.5 Å². The first kappa shape index (κ1) is 16.6. The van der Waals surface area contributed by atoms with Crippen molar-refractivity contribution in [3.8, 4) is 16.4 Å². The third-order valence-corrected chi connectivity index (χ3v) is 6.48. The van der Waals surface area contributed by atoms with Crippen LogP contribution in [0.5, 0.6) is 0 Å². The number of rotatable bonds is 3. The van der Waals surface area contributed by atoms with Gasteiger partial charge in [-0.1, -0.05) is 18.6 Å². The maximum absolute atomic E-state index is 13.8. The van der Waals surface area contributed by atoms with Crippen molar-refractivity contribution in [2.45, 2.75) is 31.7 Å². The highest BCUT2D eigenvalue weighted by Gasteiger charge is 2.41. The highest BCUT2D eigenvalue weighted by atomic mass is 32.1. The Balaban J connectivity index is 1.56. The molecular weight excluding hydrogens is 363 g/mol. The molecule has 0 radical (unpaired) electrons. The molecule has 7 heteroatoms. The van der Waals surface area contributed by atoms with Crippen molar-refractivity contribution in [3.63, 3.8) is 0 Å². The van der Waals surface area contributed by atoms with Crippen LogP contribution in [0.2, 0.25) is 0 Å². The largest absolute Gasteiger partial charge is 0.333 e. The second-order valence-electron chi connectivity index (χ2n) is 7.17. The van der Waals surface area contributed by atoms with Gasteiger partial charge in [-0.25, -0.2) is 14.1 Å². The summed E-state index contributed by atoms with van der Waals surface area (Å²) in [4.78, 5) is 20.5. The fraction of sp³-hybridized carbons (Fsp3) is 0.350. The fourth-order valence-electron chi connectivity index (χ4n) is 4.37. The van der Waals surface area contributed by atoms with E-state index < -0.39 is 0 Å². The number of likely N-dealkylation sites (tertiary alicyclic amines) is 1. The van der Waals surface area contributed by atoms with Crippen LogP contribution in [0.3, 0.4) is 0 Å². The number of hydrogen-bond donors (Lipinski definition) is 0. The fourth-order valence-corrected chi connectivity index (χ4v) is 5.07. The molecule has 3 heterocycles. The molecule has 0 spiro atoms. The van der Waals surface area contributed by atoms with Gasteiger partial charge >= 0.3 is 0 Å². The summed E-state index contributed by atoms with van der Waals surface area (Å²) in [7, 11) is 0. The lowest BCUT2D eigenvalue weighted by molar-refractivity contribution is 0.0716. The first-order chi connectivity index (χ1) is 13.2. The van der Waals surface area contributed by atoms with E-state index in [1.807, 2.05) is 22.4 Å². The SMILES string of the molecule is O=C(c1nc(-c2cccs2)n(-c2cccc(F)c2)n1)N1CCC2CCCC21. The number of benzene rings is 1. The third-order valence-electron chi connectivity index (χ3n) is 5.61. The van der Waals surface area contributed by atoms with Crippen LogP contribution in [-0.4, -0.2) is 38.2 Å². The van der Waals surface area contributed by atoms with Gasteiger partial charge in [-0.3, -0.25) is 4.79 Å². The van der Waals surface area contributed by atoms with Gasteiger partial charge in [0.25, 0.3) is 5.91 Å². The van der Waals surface area contributed by atoms with E-state index in [2.05, 4.69) is 10.1 Å². The lowest BCUT2D eigenvalue weighted by atomic mass is 10.0. The van der Waals surface area contributed by atoms with Gasteiger partial charge in [-0.15, -0.1) is 16.4 Å². The third kappa shape index (κ3) is 2.86. The van der Waals surface area contributed by atoms with Crippen molar-refractivity contribution < 1.29 is 9.18 Å². The van der Waals surface area contributed by atoms with Gasteiger partial charge in [0.1, 0.15) is 5.82 Å². The van der Waals surface area contributed by atoms with E-state index in [4.69, 9.17) is 0 Å². The summed E-state index contributed by atoms with van der Waals surface area (Å²) in [6.07, 6.45) is 4.53. The average Bonchev–Trinajstić information content (AvgIpc) is 3.44. The van der Waals surface area contributed by atoms with Crippen LogP contribution < -0.4 is 0 Å². The molecule has 0 bridgehead atoms. The lowest BCUT2D eigenvalue weighted by Crippen LogP contribution is -2.36. The number of nitrogens with zero attached hydrogens (tertiary/aromatic N) is 4.